The van der Waals surface area contributed by atoms with E-state index in [1.807, 2.05) is 0 Å². The van der Waals surface area contributed by atoms with Crippen LogP contribution in [0.1, 0.15) is 0 Å². The van der Waals surface area contributed by atoms with Gasteiger partial charge in [0.2, 0.25) is 11.8 Å². The average Bonchev–Trinajstić information content (AvgIpc) is 2.32. The molecule has 1 heterocycles. The molecule has 0 aromatic rings. The topological polar surface area (TPSA) is 98.2 Å². The van der Waals surface area contributed by atoms with Gasteiger partial charge in [-0.1, -0.05) is 0 Å². The number of rotatable bonds is 2. The first-order valence-electron chi connectivity index (χ1n) is 3.42. The second-order valence-electron chi connectivity index (χ2n) is 2.68. The second kappa shape index (κ2) is 2.87. The smallest absolute Gasteiger partial charge is 0.222 e. The molecule has 0 radical (unpaired) electrons. The van der Waals surface area contributed by atoms with Crippen molar-refractivity contribution in [2.75, 3.05) is 13.1 Å². The molecule has 11 heavy (non-hydrogen) atoms. The minimum atomic E-state index is -0.459. The number of carbonyl (C=O) groups is 2. The molecule has 1 rings (SSSR count). The van der Waals surface area contributed by atoms with E-state index < -0.39 is 23.7 Å². The Bertz CT molecular complexity index is 172. The maximum absolute atomic E-state index is 10.7. The van der Waals surface area contributed by atoms with Gasteiger partial charge in [0.05, 0.1) is 11.8 Å². The quantitative estimate of drug-likeness (QED) is 0.424. The monoisotopic (exact) mass is 157 g/mol. The summed E-state index contributed by atoms with van der Waals surface area (Å²) in [5.74, 6) is -1.77. The lowest BCUT2D eigenvalue weighted by Crippen LogP contribution is -2.36. The fourth-order valence-electron chi connectivity index (χ4n) is 1.28. The fraction of sp³-hybridized carbons (Fsp3) is 0.667. The van der Waals surface area contributed by atoms with Crippen molar-refractivity contribution in [2.45, 2.75) is 0 Å². The molecule has 2 atom stereocenters. The van der Waals surface area contributed by atoms with E-state index in [0.717, 1.165) is 0 Å². The lowest BCUT2D eigenvalue weighted by molar-refractivity contribution is -0.129. The zero-order valence-electron chi connectivity index (χ0n) is 6.04. The summed E-state index contributed by atoms with van der Waals surface area (Å²) in [6, 6.07) is 0. The standard InChI is InChI=1S/C6H11N3O2/c7-5(10)3-1-9-2-4(3)6(8)11/h3-4,9H,1-2H2,(H2,7,10)(H2,8,11)/t3-,4?/m1/s1. The summed E-state index contributed by atoms with van der Waals surface area (Å²) in [5, 5.41) is 2.88. The Morgan fingerprint density at radius 3 is 1.73 bits per heavy atom. The third-order valence-corrected chi connectivity index (χ3v) is 1.95. The van der Waals surface area contributed by atoms with Gasteiger partial charge in [0, 0.05) is 13.1 Å². The third kappa shape index (κ3) is 1.48. The number of carbonyl (C=O) groups excluding carboxylic acids is 2. The third-order valence-electron chi connectivity index (χ3n) is 1.95. The molecule has 5 heteroatoms. The van der Waals surface area contributed by atoms with Crippen LogP contribution in [0, 0.1) is 11.8 Å². The van der Waals surface area contributed by atoms with Crippen LogP contribution < -0.4 is 16.8 Å². The van der Waals surface area contributed by atoms with Crippen LogP contribution in [0.15, 0.2) is 0 Å². The fourth-order valence-corrected chi connectivity index (χ4v) is 1.28. The summed E-state index contributed by atoms with van der Waals surface area (Å²) in [6.45, 7) is 0.923. The first kappa shape index (κ1) is 8.00. The van der Waals surface area contributed by atoms with E-state index in [0.29, 0.717) is 13.1 Å². The van der Waals surface area contributed by atoms with Crippen molar-refractivity contribution in [1.29, 1.82) is 0 Å². The maximum atomic E-state index is 10.7. The number of nitrogens with one attached hydrogen (secondary N) is 1. The summed E-state index contributed by atoms with van der Waals surface area (Å²) >= 11 is 0. The van der Waals surface area contributed by atoms with Gasteiger partial charge >= 0.3 is 0 Å². The molecule has 62 valence electrons. The second-order valence-corrected chi connectivity index (χ2v) is 2.68. The van der Waals surface area contributed by atoms with Crippen LogP contribution in [0.3, 0.4) is 0 Å². The largest absolute Gasteiger partial charge is 0.369 e. The van der Waals surface area contributed by atoms with Crippen molar-refractivity contribution in [1.82, 2.24) is 5.32 Å². The van der Waals surface area contributed by atoms with E-state index in [1.165, 1.54) is 0 Å². The number of amides is 2. The van der Waals surface area contributed by atoms with Crippen LogP contribution in [0.4, 0.5) is 0 Å². The van der Waals surface area contributed by atoms with Crippen LogP contribution in [-0.2, 0) is 9.59 Å². The highest BCUT2D eigenvalue weighted by atomic mass is 16.2. The van der Waals surface area contributed by atoms with Crippen molar-refractivity contribution in [3.63, 3.8) is 0 Å². The lowest BCUT2D eigenvalue weighted by atomic mass is 9.95. The Hall–Kier alpha value is -1.10. The predicted octanol–water partition coefficient (Wildman–Crippen LogP) is -2.21. The van der Waals surface area contributed by atoms with Crippen LogP contribution >= 0.6 is 0 Å². The van der Waals surface area contributed by atoms with Crippen molar-refractivity contribution in [2.24, 2.45) is 23.3 Å². The molecule has 0 bridgehead atoms. The lowest BCUT2D eigenvalue weighted by Gasteiger charge is -2.09. The predicted molar refractivity (Wildman–Crippen MR) is 38.2 cm³/mol. The first-order chi connectivity index (χ1) is 5.13. The molecule has 0 spiro atoms. The molecule has 1 aliphatic rings. The van der Waals surface area contributed by atoms with E-state index >= 15 is 0 Å². The van der Waals surface area contributed by atoms with Gasteiger partial charge in [-0.2, -0.15) is 0 Å². The van der Waals surface area contributed by atoms with E-state index in [-0.39, 0.29) is 0 Å². The minimum Gasteiger partial charge on any atom is -0.369 e. The molecule has 1 aliphatic heterocycles. The molecule has 0 aromatic carbocycles. The van der Waals surface area contributed by atoms with Crippen LogP contribution in [-0.4, -0.2) is 24.9 Å². The van der Waals surface area contributed by atoms with E-state index in [4.69, 9.17) is 11.5 Å². The minimum absolute atomic E-state index is 0.424. The summed E-state index contributed by atoms with van der Waals surface area (Å²) in [7, 11) is 0. The first-order valence-corrected chi connectivity index (χ1v) is 3.42. The van der Waals surface area contributed by atoms with E-state index in [1.54, 1.807) is 0 Å². The highest BCUT2D eigenvalue weighted by Gasteiger charge is 2.34. The van der Waals surface area contributed by atoms with Crippen LogP contribution in [0.2, 0.25) is 0 Å². The number of nitrogens with two attached hydrogens (primary N) is 2. The van der Waals surface area contributed by atoms with Gasteiger partial charge in [0.25, 0.3) is 0 Å². The summed E-state index contributed by atoms with van der Waals surface area (Å²) < 4.78 is 0. The van der Waals surface area contributed by atoms with E-state index in [9.17, 15) is 9.59 Å². The van der Waals surface area contributed by atoms with Crippen LogP contribution in [0.25, 0.3) is 0 Å². The maximum Gasteiger partial charge on any atom is 0.222 e. The molecule has 0 aliphatic carbocycles. The Labute approximate surface area is 64.1 Å². The van der Waals surface area contributed by atoms with Crippen molar-refractivity contribution < 1.29 is 9.59 Å². The normalized spacial score (nSPS) is 30.2. The zero-order valence-corrected chi connectivity index (χ0v) is 6.04. The SMILES string of the molecule is NC(=O)C1CNC[C@H]1C(N)=O. The summed E-state index contributed by atoms with van der Waals surface area (Å²) in [5.41, 5.74) is 10.1. The Morgan fingerprint density at radius 2 is 1.45 bits per heavy atom. The molecule has 1 fully saturated rings. The van der Waals surface area contributed by atoms with Gasteiger partial charge in [0.1, 0.15) is 0 Å². The molecule has 1 saturated heterocycles. The number of hydrogen-bond donors (Lipinski definition) is 3. The molecule has 0 saturated carbocycles. The van der Waals surface area contributed by atoms with Gasteiger partial charge in [-0.15, -0.1) is 0 Å². The number of primary amides is 2. The molecular formula is C6H11N3O2. The van der Waals surface area contributed by atoms with Crippen LogP contribution in [0.5, 0.6) is 0 Å². The Balaban J connectivity index is 2.65. The highest BCUT2D eigenvalue weighted by molar-refractivity contribution is 5.86. The molecular weight excluding hydrogens is 146 g/mol. The van der Waals surface area contributed by atoms with Gasteiger partial charge < -0.3 is 16.8 Å². The molecule has 1 unspecified atom stereocenters. The zero-order chi connectivity index (χ0) is 8.43. The summed E-state index contributed by atoms with van der Waals surface area (Å²) in [4.78, 5) is 21.4. The van der Waals surface area contributed by atoms with Crippen molar-refractivity contribution in [3.8, 4) is 0 Å². The summed E-state index contributed by atoms with van der Waals surface area (Å²) in [6.07, 6.45) is 0. The molecule has 5 nitrogen and oxygen atoms in total. The molecule has 2 amide bonds. The van der Waals surface area contributed by atoms with E-state index in [2.05, 4.69) is 5.32 Å². The highest BCUT2D eigenvalue weighted by Crippen LogP contribution is 2.14. The van der Waals surface area contributed by atoms with Gasteiger partial charge in [0.15, 0.2) is 0 Å². The molecule has 0 aromatic heterocycles. The van der Waals surface area contributed by atoms with Gasteiger partial charge in [-0.05, 0) is 0 Å². The van der Waals surface area contributed by atoms with Gasteiger partial charge in [-0.3, -0.25) is 9.59 Å². The number of hydrogen-bond acceptors (Lipinski definition) is 3. The Morgan fingerprint density at radius 1 is 1.09 bits per heavy atom. The Kier molecular flexibility index (Phi) is 2.09. The molecule has 5 N–H and O–H groups in total. The van der Waals surface area contributed by atoms with Crippen molar-refractivity contribution in [3.05, 3.63) is 0 Å². The van der Waals surface area contributed by atoms with Crippen molar-refractivity contribution >= 4 is 11.8 Å². The average molecular weight is 157 g/mol. The van der Waals surface area contributed by atoms with Gasteiger partial charge in [-0.25, -0.2) is 0 Å².